The number of para-hydroxylation sites is 1. The fourth-order valence-corrected chi connectivity index (χ4v) is 2.55. The average molecular weight is 321 g/mol. The summed E-state index contributed by atoms with van der Waals surface area (Å²) in [5, 5.41) is 3.97. The van der Waals surface area contributed by atoms with Crippen LogP contribution in [-0.4, -0.2) is 16.0 Å². The maximum atomic E-state index is 11.6. The monoisotopic (exact) mass is 321 g/mol. The molecule has 2 N–H and O–H groups in total. The normalized spacial score (nSPS) is 15.0. The summed E-state index contributed by atoms with van der Waals surface area (Å²) in [5.41, 5.74) is 5.41. The zero-order chi connectivity index (χ0) is 16.6. The molecular formula is C18H15N3O3. The van der Waals surface area contributed by atoms with Gasteiger partial charge in [0.15, 0.2) is 0 Å². The van der Waals surface area contributed by atoms with E-state index >= 15 is 0 Å². The smallest absolute Gasteiger partial charge is 0.242 e. The molecule has 1 saturated carbocycles. The molecule has 0 bridgehead atoms. The lowest BCUT2D eigenvalue weighted by molar-refractivity contribution is -0.121. The van der Waals surface area contributed by atoms with Gasteiger partial charge in [0.2, 0.25) is 17.6 Å². The average Bonchev–Trinajstić information content (AvgIpc) is 3.27. The van der Waals surface area contributed by atoms with Crippen LogP contribution in [0, 0.1) is 0 Å². The largest absolute Gasteiger partial charge is 0.457 e. The van der Waals surface area contributed by atoms with Gasteiger partial charge in [-0.1, -0.05) is 35.5 Å². The Morgan fingerprint density at radius 3 is 2.54 bits per heavy atom. The molecule has 0 radical (unpaired) electrons. The third kappa shape index (κ3) is 2.52. The van der Waals surface area contributed by atoms with Gasteiger partial charge < -0.3 is 15.0 Å². The summed E-state index contributed by atoms with van der Waals surface area (Å²) in [6, 6.07) is 16.9. The van der Waals surface area contributed by atoms with Gasteiger partial charge in [0, 0.05) is 5.56 Å². The standard InChI is InChI=1S/C18H15N3O3/c19-16(22)18(9-10-18)17-20-15(21-24-17)12-5-4-8-14(11-12)23-13-6-2-1-3-7-13/h1-8,11H,9-10H2,(H2,19,22). The Morgan fingerprint density at radius 1 is 1.08 bits per heavy atom. The first kappa shape index (κ1) is 14.4. The molecule has 1 aromatic heterocycles. The Hall–Kier alpha value is -3.15. The number of nitrogens with two attached hydrogens (primary N) is 1. The molecule has 1 aliphatic carbocycles. The third-order valence-corrected chi connectivity index (χ3v) is 4.13. The van der Waals surface area contributed by atoms with Crippen LogP contribution in [0.3, 0.4) is 0 Å². The van der Waals surface area contributed by atoms with Crippen molar-refractivity contribution in [2.24, 2.45) is 5.73 Å². The summed E-state index contributed by atoms with van der Waals surface area (Å²) >= 11 is 0. The van der Waals surface area contributed by atoms with Gasteiger partial charge in [0.1, 0.15) is 16.9 Å². The minimum absolute atomic E-state index is 0.291. The van der Waals surface area contributed by atoms with Crippen LogP contribution < -0.4 is 10.5 Å². The van der Waals surface area contributed by atoms with Crippen LogP contribution in [-0.2, 0) is 10.2 Å². The molecule has 0 atom stereocenters. The number of ether oxygens (including phenoxy) is 1. The molecule has 3 aromatic rings. The zero-order valence-electron chi connectivity index (χ0n) is 12.8. The van der Waals surface area contributed by atoms with Crippen LogP contribution in [0.1, 0.15) is 18.7 Å². The topological polar surface area (TPSA) is 91.2 Å². The summed E-state index contributed by atoms with van der Waals surface area (Å²) in [5.74, 6) is 1.70. The number of aromatic nitrogens is 2. The Bertz CT molecular complexity index is 885. The van der Waals surface area contributed by atoms with Crippen LogP contribution in [0.2, 0.25) is 0 Å². The summed E-state index contributed by atoms with van der Waals surface area (Å²) in [6.07, 6.45) is 1.31. The minimum Gasteiger partial charge on any atom is -0.457 e. The van der Waals surface area contributed by atoms with Crippen molar-refractivity contribution in [3.63, 3.8) is 0 Å². The van der Waals surface area contributed by atoms with E-state index in [-0.39, 0.29) is 0 Å². The lowest BCUT2D eigenvalue weighted by Gasteiger charge is -2.06. The van der Waals surface area contributed by atoms with Crippen LogP contribution in [0.15, 0.2) is 59.1 Å². The van der Waals surface area contributed by atoms with Gasteiger partial charge in [-0.05, 0) is 37.1 Å². The predicted molar refractivity (Wildman–Crippen MR) is 86.4 cm³/mol. The molecule has 0 spiro atoms. The highest BCUT2D eigenvalue weighted by Gasteiger charge is 2.55. The number of hydrogen-bond acceptors (Lipinski definition) is 5. The predicted octanol–water partition coefficient (Wildman–Crippen LogP) is 3.05. The van der Waals surface area contributed by atoms with Crippen molar-refractivity contribution >= 4 is 5.91 Å². The van der Waals surface area contributed by atoms with Gasteiger partial charge in [0.05, 0.1) is 0 Å². The molecule has 1 amide bonds. The molecule has 6 heteroatoms. The molecule has 24 heavy (non-hydrogen) atoms. The lowest BCUT2D eigenvalue weighted by Crippen LogP contribution is -2.28. The van der Waals surface area contributed by atoms with E-state index in [0.29, 0.717) is 30.3 Å². The van der Waals surface area contributed by atoms with Crippen LogP contribution >= 0.6 is 0 Å². The maximum absolute atomic E-state index is 11.6. The van der Waals surface area contributed by atoms with E-state index < -0.39 is 11.3 Å². The van der Waals surface area contributed by atoms with E-state index in [2.05, 4.69) is 10.1 Å². The molecule has 1 aliphatic rings. The van der Waals surface area contributed by atoms with Crippen molar-refractivity contribution in [1.82, 2.24) is 10.1 Å². The number of amides is 1. The number of carbonyl (C=O) groups excluding carboxylic acids is 1. The fraction of sp³-hybridized carbons (Fsp3) is 0.167. The second-order valence-electron chi connectivity index (χ2n) is 5.81. The number of carbonyl (C=O) groups is 1. The van der Waals surface area contributed by atoms with E-state index in [1.54, 1.807) is 0 Å². The van der Waals surface area contributed by atoms with E-state index in [1.165, 1.54) is 0 Å². The number of rotatable bonds is 5. The van der Waals surface area contributed by atoms with Crippen molar-refractivity contribution in [2.45, 2.75) is 18.3 Å². The van der Waals surface area contributed by atoms with Crippen molar-refractivity contribution in [3.8, 4) is 22.9 Å². The number of benzene rings is 2. The Balaban J connectivity index is 1.60. The van der Waals surface area contributed by atoms with Gasteiger partial charge >= 0.3 is 0 Å². The van der Waals surface area contributed by atoms with Crippen molar-refractivity contribution < 1.29 is 14.1 Å². The van der Waals surface area contributed by atoms with Gasteiger partial charge in [-0.2, -0.15) is 4.98 Å². The molecule has 120 valence electrons. The summed E-state index contributed by atoms with van der Waals surface area (Å²) < 4.78 is 11.1. The second kappa shape index (κ2) is 5.49. The van der Waals surface area contributed by atoms with E-state index in [0.717, 1.165) is 11.3 Å². The van der Waals surface area contributed by atoms with Gasteiger partial charge in [0.25, 0.3) is 0 Å². The zero-order valence-corrected chi connectivity index (χ0v) is 12.8. The molecule has 4 rings (SSSR count). The summed E-state index contributed by atoms with van der Waals surface area (Å²) in [7, 11) is 0. The number of primary amides is 1. The molecule has 6 nitrogen and oxygen atoms in total. The van der Waals surface area contributed by atoms with Crippen molar-refractivity contribution in [1.29, 1.82) is 0 Å². The molecule has 0 saturated heterocycles. The number of nitrogens with zero attached hydrogens (tertiary/aromatic N) is 2. The highest BCUT2D eigenvalue weighted by molar-refractivity contribution is 5.88. The summed E-state index contributed by atoms with van der Waals surface area (Å²) in [6.45, 7) is 0. The lowest BCUT2D eigenvalue weighted by atomic mass is 10.1. The van der Waals surface area contributed by atoms with Crippen molar-refractivity contribution in [3.05, 3.63) is 60.5 Å². The maximum Gasteiger partial charge on any atom is 0.242 e. The van der Waals surface area contributed by atoms with E-state index in [1.807, 2.05) is 54.6 Å². The molecule has 0 aliphatic heterocycles. The van der Waals surface area contributed by atoms with Crippen molar-refractivity contribution in [2.75, 3.05) is 0 Å². The van der Waals surface area contributed by atoms with Crippen LogP contribution in [0.5, 0.6) is 11.5 Å². The van der Waals surface area contributed by atoms with E-state index in [4.69, 9.17) is 15.0 Å². The Morgan fingerprint density at radius 2 is 1.83 bits per heavy atom. The van der Waals surface area contributed by atoms with E-state index in [9.17, 15) is 4.79 Å². The fourth-order valence-electron chi connectivity index (χ4n) is 2.55. The summed E-state index contributed by atoms with van der Waals surface area (Å²) in [4.78, 5) is 15.9. The first-order valence-corrected chi connectivity index (χ1v) is 7.65. The SMILES string of the molecule is NC(=O)C1(c2nc(-c3cccc(Oc4ccccc4)c3)no2)CC1. The molecular weight excluding hydrogens is 306 g/mol. The quantitative estimate of drug-likeness (QED) is 0.780. The molecule has 2 aromatic carbocycles. The minimum atomic E-state index is -0.774. The molecule has 1 heterocycles. The Kier molecular flexibility index (Phi) is 3.30. The van der Waals surface area contributed by atoms with Gasteiger partial charge in [-0.3, -0.25) is 4.79 Å². The molecule has 1 fully saturated rings. The van der Waals surface area contributed by atoms with Gasteiger partial charge in [-0.25, -0.2) is 0 Å². The third-order valence-electron chi connectivity index (χ3n) is 4.13. The first-order valence-electron chi connectivity index (χ1n) is 7.65. The Labute approximate surface area is 138 Å². The van der Waals surface area contributed by atoms with Gasteiger partial charge in [-0.15, -0.1) is 0 Å². The number of hydrogen-bond donors (Lipinski definition) is 1. The highest BCUT2D eigenvalue weighted by Crippen LogP contribution is 2.47. The molecule has 0 unspecified atom stereocenters. The van der Waals surface area contributed by atoms with Crippen LogP contribution in [0.4, 0.5) is 0 Å². The highest BCUT2D eigenvalue weighted by atomic mass is 16.5. The second-order valence-corrected chi connectivity index (χ2v) is 5.81. The first-order chi connectivity index (χ1) is 11.7. The van der Waals surface area contributed by atoms with Crippen LogP contribution in [0.25, 0.3) is 11.4 Å².